The van der Waals surface area contributed by atoms with Gasteiger partial charge in [0, 0.05) is 5.02 Å². The second-order valence-corrected chi connectivity index (χ2v) is 6.46. The summed E-state index contributed by atoms with van der Waals surface area (Å²) >= 11 is 10.0. The molecule has 0 saturated carbocycles. The normalized spacial score (nSPS) is 12.4. The summed E-state index contributed by atoms with van der Waals surface area (Å²) in [6.07, 6.45) is 2.10. The van der Waals surface area contributed by atoms with Gasteiger partial charge in [-0.05, 0) is 59.7 Å². The van der Waals surface area contributed by atoms with Gasteiger partial charge in [-0.3, -0.25) is 0 Å². The van der Waals surface area contributed by atoms with Crippen LogP contribution in [-0.2, 0) is 12.8 Å². The van der Waals surface area contributed by atoms with Crippen LogP contribution in [0.25, 0.3) is 0 Å². The minimum absolute atomic E-state index is 0.197. The third-order valence-electron chi connectivity index (χ3n) is 3.79. The second-order valence-electron chi connectivity index (χ2n) is 5.10. The molecule has 2 rings (SSSR count). The summed E-state index contributed by atoms with van der Waals surface area (Å²) in [5.74, 6) is 0. The summed E-state index contributed by atoms with van der Waals surface area (Å²) in [6, 6.07) is 12.9. The lowest BCUT2D eigenvalue weighted by Gasteiger charge is -2.18. The molecule has 0 aliphatic carbocycles. The predicted molar refractivity (Wildman–Crippen MR) is 92.2 cm³/mol. The fourth-order valence-electron chi connectivity index (χ4n) is 2.47. The van der Waals surface area contributed by atoms with Crippen LogP contribution in [-0.4, -0.2) is 0 Å². The maximum absolute atomic E-state index is 6.16. The zero-order valence-corrected chi connectivity index (χ0v) is 14.6. The van der Waals surface area contributed by atoms with Gasteiger partial charge in [-0.15, -0.1) is 0 Å². The summed E-state index contributed by atoms with van der Waals surface area (Å²) in [6.45, 7) is 6.53. The molecular formula is C18H20BrCl. The Kier molecular flexibility index (Phi) is 5.29. The Morgan fingerprint density at radius 2 is 1.75 bits per heavy atom. The first kappa shape index (κ1) is 15.6. The van der Waals surface area contributed by atoms with Crippen molar-refractivity contribution in [1.29, 1.82) is 0 Å². The van der Waals surface area contributed by atoms with Crippen molar-refractivity contribution in [2.75, 3.05) is 0 Å². The second kappa shape index (κ2) is 6.78. The molecule has 1 unspecified atom stereocenters. The van der Waals surface area contributed by atoms with E-state index in [1.807, 2.05) is 6.07 Å². The van der Waals surface area contributed by atoms with E-state index in [0.29, 0.717) is 0 Å². The van der Waals surface area contributed by atoms with E-state index < -0.39 is 0 Å². The van der Waals surface area contributed by atoms with Gasteiger partial charge in [-0.2, -0.15) is 0 Å². The summed E-state index contributed by atoms with van der Waals surface area (Å²) in [4.78, 5) is 0.197. The largest absolute Gasteiger partial charge is 0.0843 e. The summed E-state index contributed by atoms with van der Waals surface area (Å²) in [5, 5.41) is 0.791. The monoisotopic (exact) mass is 350 g/mol. The highest BCUT2D eigenvalue weighted by molar-refractivity contribution is 9.09. The first-order valence-electron chi connectivity index (χ1n) is 7.08. The lowest BCUT2D eigenvalue weighted by atomic mass is 9.93. The molecule has 0 spiro atoms. The highest BCUT2D eigenvalue weighted by atomic mass is 79.9. The van der Waals surface area contributed by atoms with Crippen molar-refractivity contribution in [3.63, 3.8) is 0 Å². The molecule has 0 radical (unpaired) electrons. The van der Waals surface area contributed by atoms with Gasteiger partial charge in [0.15, 0.2) is 0 Å². The smallest absolute Gasteiger partial charge is 0.0650 e. The molecule has 106 valence electrons. The molecule has 2 heteroatoms. The Morgan fingerprint density at radius 1 is 1.00 bits per heavy atom. The van der Waals surface area contributed by atoms with Gasteiger partial charge in [0.1, 0.15) is 0 Å². The lowest BCUT2D eigenvalue weighted by Crippen LogP contribution is -2.01. The molecule has 0 aromatic heterocycles. The molecule has 0 bridgehead atoms. The summed E-state index contributed by atoms with van der Waals surface area (Å²) in [5.41, 5.74) is 6.64. The fraction of sp³-hybridized carbons (Fsp3) is 0.333. The average Bonchev–Trinajstić information content (AvgIpc) is 2.48. The third kappa shape index (κ3) is 3.27. The summed E-state index contributed by atoms with van der Waals surface area (Å²) < 4.78 is 0. The standard InChI is InChI=1S/C18H20BrCl/c1-4-13-7-8-14(5-2)17(10-13)18(19)16-11-15(20)9-6-12(16)3/h6-11,18H,4-5H2,1-3H3. The van der Waals surface area contributed by atoms with Crippen molar-refractivity contribution in [1.82, 2.24) is 0 Å². The van der Waals surface area contributed by atoms with Crippen molar-refractivity contribution in [3.8, 4) is 0 Å². The van der Waals surface area contributed by atoms with E-state index in [9.17, 15) is 0 Å². The van der Waals surface area contributed by atoms with E-state index in [2.05, 4.69) is 67.0 Å². The SMILES string of the molecule is CCc1ccc(CC)c(C(Br)c2cc(Cl)ccc2C)c1. The number of halogens is 2. The van der Waals surface area contributed by atoms with Crippen LogP contribution in [0.15, 0.2) is 36.4 Å². The molecule has 0 heterocycles. The van der Waals surface area contributed by atoms with Crippen LogP contribution < -0.4 is 0 Å². The quantitative estimate of drug-likeness (QED) is 0.570. The molecule has 0 fully saturated rings. The number of alkyl halides is 1. The number of benzene rings is 2. The predicted octanol–water partition coefficient (Wildman–Crippen LogP) is 6.26. The highest BCUT2D eigenvalue weighted by Gasteiger charge is 2.16. The van der Waals surface area contributed by atoms with E-state index in [4.69, 9.17) is 11.6 Å². The molecular weight excluding hydrogens is 332 g/mol. The van der Waals surface area contributed by atoms with E-state index in [0.717, 1.165) is 17.9 Å². The van der Waals surface area contributed by atoms with Crippen LogP contribution in [0.3, 0.4) is 0 Å². The molecule has 0 saturated heterocycles. The van der Waals surface area contributed by atoms with Crippen molar-refractivity contribution in [2.24, 2.45) is 0 Å². The molecule has 1 atom stereocenters. The molecule has 2 aromatic carbocycles. The molecule has 2 aromatic rings. The first-order chi connectivity index (χ1) is 9.56. The van der Waals surface area contributed by atoms with Crippen LogP contribution >= 0.6 is 27.5 Å². The van der Waals surface area contributed by atoms with Crippen molar-refractivity contribution in [3.05, 3.63) is 69.2 Å². The minimum Gasteiger partial charge on any atom is -0.0843 e. The fourth-order valence-corrected chi connectivity index (χ4v) is 3.57. The summed E-state index contributed by atoms with van der Waals surface area (Å²) in [7, 11) is 0. The average molecular weight is 352 g/mol. The minimum atomic E-state index is 0.197. The van der Waals surface area contributed by atoms with Gasteiger partial charge in [-0.1, -0.05) is 65.6 Å². The molecule has 0 nitrogen and oxygen atoms in total. The Morgan fingerprint density at radius 3 is 2.40 bits per heavy atom. The van der Waals surface area contributed by atoms with Crippen LogP contribution in [0.1, 0.15) is 46.5 Å². The van der Waals surface area contributed by atoms with E-state index in [1.54, 1.807) is 0 Å². The van der Waals surface area contributed by atoms with Crippen LogP contribution in [0.5, 0.6) is 0 Å². The Labute approximate surface area is 135 Å². The molecule has 0 aliphatic heterocycles. The zero-order chi connectivity index (χ0) is 14.7. The van der Waals surface area contributed by atoms with Gasteiger partial charge < -0.3 is 0 Å². The molecule has 0 N–H and O–H groups in total. The van der Waals surface area contributed by atoms with Gasteiger partial charge in [-0.25, -0.2) is 0 Å². The Bertz CT molecular complexity index is 604. The number of hydrogen-bond acceptors (Lipinski definition) is 0. The first-order valence-corrected chi connectivity index (χ1v) is 8.38. The van der Waals surface area contributed by atoms with Crippen molar-refractivity contribution in [2.45, 2.75) is 38.4 Å². The van der Waals surface area contributed by atoms with E-state index in [-0.39, 0.29) is 4.83 Å². The van der Waals surface area contributed by atoms with Gasteiger partial charge in [0.05, 0.1) is 4.83 Å². The lowest BCUT2D eigenvalue weighted by molar-refractivity contribution is 1.02. The van der Waals surface area contributed by atoms with Crippen LogP contribution in [0.2, 0.25) is 5.02 Å². The van der Waals surface area contributed by atoms with Gasteiger partial charge in [0.25, 0.3) is 0 Å². The number of aryl methyl sites for hydroxylation is 3. The zero-order valence-electron chi connectivity index (χ0n) is 12.2. The third-order valence-corrected chi connectivity index (χ3v) is 5.01. The number of hydrogen-bond donors (Lipinski definition) is 0. The topological polar surface area (TPSA) is 0 Å². The highest BCUT2D eigenvalue weighted by Crippen LogP contribution is 2.36. The maximum Gasteiger partial charge on any atom is 0.0650 e. The number of rotatable bonds is 4. The maximum atomic E-state index is 6.16. The van der Waals surface area contributed by atoms with Crippen molar-refractivity contribution < 1.29 is 0 Å². The van der Waals surface area contributed by atoms with Gasteiger partial charge in [0.2, 0.25) is 0 Å². The van der Waals surface area contributed by atoms with E-state index in [1.165, 1.54) is 27.8 Å². The van der Waals surface area contributed by atoms with Crippen LogP contribution in [0.4, 0.5) is 0 Å². The van der Waals surface area contributed by atoms with Crippen molar-refractivity contribution >= 4 is 27.5 Å². The molecule has 0 aliphatic rings. The molecule has 0 amide bonds. The van der Waals surface area contributed by atoms with Gasteiger partial charge >= 0.3 is 0 Å². The molecule has 20 heavy (non-hydrogen) atoms. The van der Waals surface area contributed by atoms with E-state index >= 15 is 0 Å². The Hall–Kier alpha value is -0.790. The Balaban J connectivity index is 2.51. The van der Waals surface area contributed by atoms with Crippen LogP contribution in [0, 0.1) is 6.92 Å².